The summed E-state index contributed by atoms with van der Waals surface area (Å²) in [5.41, 5.74) is 0. The van der Waals surface area contributed by atoms with E-state index >= 15 is 0 Å². The Kier molecular flexibility index (Phi) is 8.18. The normalized spacial score (nSPS) is 11.8. The molecule has 0 saturated carbocycles. The second kappa shape index (κ2) is 8.85. The van der Waals surface area contributed by atoms with Crippen LogP contribution in [0.4, 0.5) is 0 Å². The first-order chi connectivity index (χ1) is 9.78. The van der Waals surface area contributed by atoms with Gasteiger partial charge in [0.15, 0.2) is 0 Å². The monoisotopic (exact) mass is 388 g/mol. The van der Waals surface area contributed by atoms with Gasteiger partial charge in [0.1, 0.15) is 15.8 Å². The topological polar surface area (TPSA) is 18.5 Å². The highest BCUT2D eigenvalue weighted by Gasteiger charge is 2.30. The summed E-state index contributed by atoms with van der Waals surface area (Å²) in [6.45, 7) is 6.72. The number of hydrogen-bond acceptors (Lipinski definition) is 2. The Hall–Kier alpha value is 0.357. The molecule has 1 aromatic carbocycles. The predicted molar refractivity (Wildman–Crippen MR) is 94.7 cm³/mol. The minimum atomic E-state index is -2.40. The lowest BCUT2D eigenvalue weighted by molar-refractivity contribution is 0.241. The van der Waals surface area contributed by atoms with Crippen LogP contribution in [0.5, 0.6) is 5.75 Å². The summed E-state index contributed by atoms with van der Waals surface area (Å²) in [4.78, 5) is 0. The van der Waals surface area contributed by atoms with Crippen molar-refractivity contribution in [2.24, 2.45) is 0 Å². The molecule has 120 valence electrons. The first kappa shape index (κ1) is 19.4. The molecule has 0 heterocycles. The lowest BCUT2D eigenvalue weighted by Crippen LogP contribution is -2.38. The van der Waals surface area contributed by atoms with E-state index in [0.29, 0.717) is 22.4 Å². The largest absolute Gasteiger partial charge is 0.518 e. The summed E-state index contributed by atoms with van der Waals surface area (Å²) in [6.07, 6.45) is 4.59. The average molecular weight is 390 g/mol. The number of rotatable bonds is 8. The third kappa shape index (κ3) is 6.17. The van der Waals surface area contributed by atoms with Gasteiger partial charge in [0.25, 0.3) is 0 Å². The highest BCUT2D eigenvalue weighted by Crippen LogP contribution is 2.43. The van der Waals surface area contributed by atoms with Crippen LogP contribution in [0.15, 0.2) is 6.07 Å². The molecule has 0 fully saturated rings. The fourth-order valence-corrected chi connectivity index (χ4v) is 4.15. The summed E-state index contributed by atoms with van der Waals surface area (Å²) in [6, 6.07) is 1.50. The molecule has 7 heteroatoms. The molecule has 0 bridgehead atoms. The third-order valence-electron chi connectivity index (χ3n) is 2.87. The molecule has 21 heavy (non-hydrogen) atoms. The fourth-order valence-electron chi connectivity index (χ4n) is 1.76. The zero-order valence-electron chi connectivity index (χ0n) is 12.4. The van der Waals surface area contributed by atoms with E-state index in [1.807, 2.05) is 13.1 Å². The Morgan fingerprint density at radius 3 is 2.05 bits per heavy atom. The number of benzene rings is 1. The van der Waals surface area contributed by atoms with Crippen molar-refractivity contribution >= 4 is 55.0 Å². The van der Waals surface area contributed by atoms with E-state index in [9.17, 15) is 0 Å². The summed E-state index contributed by atoms with van der Waals surface area (Å²) in [5, 5.41) is 1.16. The highest BCUT2D eigenvalue weighted by molar-refractivity contribution is 6.65. The lowest BCUT2D eigenvalue weighted by atomic mass is 10.2. The Bertz CT molecular complexity index is 454. The maximum atomic E-state index is 6.15. The van der Waals surface area contributed by atoms with E-state index in [0.717, 1.165) is 12.8 Å². The second-order valence-electron chi connectivity index (χ2n) is 5.21. The van der Waals surface area contributed by atoms with Crippen molar-refractivity contribution in [1.82, 2.24) is 0 Å². The van der Waals surface area contributed by atoms with Gasteiger partial charge in [0, 0.05) is 6.61 Å². The van der Waals surface area contributed by atoms with Gasteiger partial charge in [-0.2, -0.15) is 0 Å². The fraction of sp³-hybridized carbons (Fsp3) is 0.571. The molecule has 0 aliphatic heterocycles. The molecule has 2 nitrogen and oxygen atoms in total. The number of halogens is 4. The van der Waals surface area contributed by atoms with Crippen molar-refractivity contribution < 1.29 is 8.85 Å². The first-order valence-electron chi connectivity index (χ1n) is 6.94. The van der Waals surface area contributed by atoms with Crippen LogP contribution in [0, 0.1) is 0 Å². The minimum Gasteiger partial charge on any atom is -0.518 e. The lowest BCUT2D eigenvalue weighted by Gasteiger charge is -2.25. The predicted octanol–water partition coefficient (Wildman–Crippen LogP) is 6.98. The summed E-state index contributed by atoms with van der Waals surface area (Å²) < 4.78 is 11.8. The van der Waals surface area contributed by atoms with E-state index in [-0.39, 0.29) is 10.0 Å². The van der Waals surface area contributed by atoms with Crippen LogP contribution in [0.3, 0.4) is 0 Å². The maximum Gasteiger partial charge on any atom is 0.392 e. The van der Waals surface area contributed by atoms with Crippen molar-refractivity contribution in [2.45, 2.75) is 45.7 Å². The van der Waals surface area contributed by atoms with Gasteiger partial charge in [-0.3, -0.25) is 0 Å². The number of hydrogen-bond donors (Lipinski definition) is 0. The van der Waals surface area contributed by atoms with Crippen LogP contribution in [0.2, 0.25) is 33.2 Å². The molecule has 0 N–H and O–H groups in total. The molecule has 0 radical (unpaired) electrons. The average Bonchev–Trinajstić information content (AvgIpc) is 2.41. The van der Waals surface area contributed by atoms with Gasteiger partial charge >= 0.3 is 8.56 Å². The van der Waals surface area contributed by atoms with E-state index < -0.39 is 8.56 Å². The van der Waals surface area contributed by atoms with Crippen LogP contribution >= 0.6 is 46.4 Å². The summed E-state index contributed by atoms with van der Waals surface area (Å²) in [7, 11) is -2.40. The molecule has 0 saturated heterocycles. The molecular weight excluding hydrogens is 370 g/mol. The van der Waals surface area contributed by atoms with Gasteiger partial charge in [-0.1, -0.05) is 72.6 Å². The highest BCUT2D eigenvalue weighted by atomic mass is 35.5. The summed E-state index contributed by atoms with van der Waals surface area (Å²) >= 11 is 24.3. The molecule has 0 aromatic heterocycles. The van der Waals surface area contributed by atoms with E-state index in [1.165, 1.54) is 18.9 Å². The van der Waals surface area contributed by atoms with Gasteiger partial charge in [-0.05, 0) is 25.6 Å². The van der Waals surface area contributed by atoms with E-state index in [2.05, 4.69) is 6.92 Å². The van der Waals surface area contributed by atoms with Crippen LogP contribution in [0.25, 0.3) is 0 Å². The van der Waals surface area contributed by atoms with Gasteiger partial charge < -0.3 is 8.85 Å². The SMILES string of the molecule is CCCCCCO[Si](C)(C)Oc1c(Cl)c(Cl)cc(Cl)c1Cl. The van der Waals surface area contributed by atoms with Crippen molar-refractivity contribution in [1.29, 1.82) is 0 Å². The van der Waals surface area contributed by atoms with Gasteiger partial charge in [-0.15, -0.1) is 0 Å². The Labute approximate surface area is 147 Å². The molecule has 0 amide bonds. The van der Waals surface area contributed by atoms with E-state index in [4.69, 9.17) is 55.3 Å². The zero-order valence-corrected chi connectivity index (χ0v) is 16.5. The maximum absolute atomic E-state index is 6.15. The molecule has 0 aliphatic carbocycles. The van der Waals surface area contributed by atoms with E-state index in [1.54, 1.807) is 0 Å². The Morgan fingerprint density at radius 1 is 0.952 bits per heavy atom. The van der Waals surface area contributed by atoms with Crippen molar-refractivity contribution in [2.75, 3.05) is 6.61 Å². The van der Waals surface area contributed by atoms with Crippen LogP contribution in [0.1, 0.15) is 32.6 Å². The van der Waals surface area contributed by atoms with Crippen molar-refractivity contribution in [3.05, 3.63) is 26.2 Å². The minimum absolute atomic E-state index is 0.265. The molecule has 0 atom stereocenters. The molecule has 0 spiro atoms. The van der Waals surface area contributed by atoms with Gasteiger partial charge in [0.2, 0.25) is 0 Å². The molecule has 1 rings (SSSR count). The standard InChI is InChI=1S/C14H20Cl4O2Si/c1-4-5-6-7-8-19-21(2,3)20-14-12(17)10(15)9-11(16)13(14)18/h9H,4-8H2,1-3H3. The Balaban J connectivity index is 2.71. The smallest absolute Gasteiger partial charge is 0.392 e. The molecule has 0 unspecified atom stereocenters. The van der Waals surface area contributed by atoms with Gasteiger partial charge in [0.05, 0.1) is 10.0 Å². The first-order valence-corrected chi connectivity index (χ1v) is 11.3. The zero-order chi connectivity index (χ0) is 16.0. The third-order valence-corrected chi connectivity index (χ3v) is 6.00. The van der Waals surface area contributed by atoms with Crippen molar-refractivity contribution in [3.63, 3.8) is 0 Å². The van der Waals surface area contributed by atoms with Crippen LogP contribution in [-0.4, -0.2) is 15.2 Å². The quantitative estimate of drug-likeness (QED) is 0.271. The molecule has 1 aromatic rings. The molecular formula is C14H20Cl4O2Si. The molecule has 0 aliphatic rings. The van der Waals surface area contributed by atoms with Crippen LogP contribution in [-0.2, 0) is 4.43 Å². The van der Waals surface area contributed by atoms with Gasteiger partial charge in [-0.25, -0.2) is 0 Å². The summed E-state index contributed by atoms with van der Waals surface area (Å²) in [5.74, 6) is 0.307. The second-order valence-corrected chi connectivity index (χ2v) is 10.1. The number of unbranched alkanes of at least 4 members (excludes halogenated alkanes) is 3. The van der Waals surface area contributed by atoms with Crippen LogP contribution < -0.4 is 4.43 Å². The Morgan fingerprint density at radius 2 is 1.52 bits per heavy atom. The van der Waals surface area contributed by atoms with Crippen molar-refractivity contribution in [3.8, 4) is 5.75 Å².